The van der Waals surface area contributed by atoms with Gasteiger partial charge >= 0.3 is 12.0 Å². The molecule has 2 heterocycles. The summed E-state index contributed by atoms with van der Waals surface area (Å²) in [6.45, 7) is 0. The Hall–Kier alpha value is -2.58. The number of hydrogen-bond donors (Lipinski definition) is 0. The first-order chi connectivity index (χ1) is 11.1. The fourth-order valence-corrected chi connectivity index (χ4v) is 1.94. The van der Waals surface area contributed by atoms with Gasteiger partial charge < -0.3 is 4.84 Å². The summed E-state index contributed by atoms with van der Waals surface area (Å²) in [6.07, 6.45) is 0.0643. The number of amides is 1. The standard InChI is InChI=1S/C13H6Cl2FN5O2/c14-9-10(15)18-13(16)19-11(9)23-20-8-6-17-21(12(8)22)7-4-2-1-3-5-7/h1-6H. The summed E-state index contributed by atoms with van der Waals surface area (Å²) >= 11 is 11.4. The molecule has 23 heavy (non-hydrogen) atoms. The quantitative estimate of drug-likeness (QED) is 0.482. The molecule has 0 saturated carbocycles. The Morgan fingerprint density at radius 3 is 2.65 bits per heavy atom. The minimum atomic E-state index is -1.13. The number of oxime groups is 1. The molecule has 10 heteroatoms. The fraction of sp³-hybridized carbons (Fsp3) is 0. The molecule has 0 spiro atoms. The number of hydrazone groups is 1. The van der Waals surface area contributed by atoms with Crippen LogP contribution >= 0.6 is 23.2 Å². The zero-order chi connectivity index (χ0) is 16.4. The number of benzene rings is 1. The van der Waals surface area contributed by atoms with E-state index in [-0.39, 0.29) is 15.9 Å². The molecular formula is C13H6Cl2FN5O2. The van der Waals surface area contributed by atoms with Crippen LogP contribution in [0.2, 0.25) is 10.2 Å². The molecule has 0 radical (unpaired) electrons. The van der Waals surface area contributed by atoms with Crippen molar-refractivity contribution in [3.05, 3.63) is 46.6 Å². The third-order valence-corrected chi connectivity index (χ3v) is 3.40. The average Bonchev–Trinajstić information content (AvgIpc) is 2.91. The lowest BCUT2D eigenvalue weighted by Gasteiger charge is -2.10. The molecule has 2 aromatic rings. The summed E-state index contributed by atoms with van der Waals surface area (Å²) < 4.78 is 13.1. The van der Waals surface area contributed by atoms with Crippen LogP contribution in [0.15, 0.2) is 40.6 Å². The summed E-state index contributed by atoms with van der Waals surface area (Å²) in [7, 11) is 0. The second-order valence-corrected chi connectivity index (χ2v) is 4.90. The number of carbonyl (C=O) groups excluding carboxylic acids is 1. The first-order valence-corrected chi connectivity index (χ1v) is 6.89. The van der Waals surface area contributed by atoms with Gasteiger partial charge in [-0.1, -0.05) is 46.6 Å². The predicted molar refractivity (Wildman–Crippen MR) is 82.5 cm³/mol. The maximum atomic E-state index is 13.1. The molecule has 1 aromatic heterocycles. The van der Waals surface area contributed by atoms with E-state index in [4.69, 9.17) is 28.0 Å². The molecular weight excluding hydrogens is 348 g/mol. The van der Waals surface area contributed by atoms with Gasteiger partial charge in [0.05, 0.1) is 11.9 Å². The number of carbonyl (C=O) groups is 1. The zero-order valence-corrected chi connectivity index (χ0v) is 12.7. The van der Waals surface area contributed by atoms with Gasteiger partial charge in [-0.25, -0.2) is 0 Å². The second kappa shape index (κ2) is 6.27. The normalized spacial score (nSPS) is 15.5. The summed E-state index contributed by atoms with van der Waals surface area (Å²) in [5.74, 6) is -0.927. The molecule has 0 atom stereocenters. The topological polar surface area (TPSA) is 80.0 Å². The van der Waals surface area contributed by atoms with E-state index < -0.39 is 17.9 Å². The van der Waals surface area contributed by atoms with E-state index >= 15 is 0 Å². The van der Waals surface area contributed by atoms with Crippen LogP contribution in [0.25, 0.3) is 0 Å². The lowest BCUT2D eigenvalue weighted by atomic mass is 10.3. The van der Waals surface area contributed by atoms with Crippen molar-refractivity contribution in [2.75, 3.05) is 5.01 Å². The maximum Gasteiger partial charge on any atom is 0.313 e. The van der Waals surface area contributed by atoms with E-state index in [1.54, 1.807) is 30.3 Å². The van der Waals surface area contributed by atoms with Crippen LogP contribution in [0.1, 0.15) is 0 Å². The molecule has 1 aliphatic heterocycles. The Labute approximate surface area is 139 Å². The van der Waals surface area contributed by atoms with Crippen LogP contribution in [-0.4, -0.2) is 27.8 Å². The number of rotatable bonds is 3. The minimum Gasteiger partial charge on any atom is -0.334 e. The van der Waals surface area contributed by atoms with Gasteiger partial charge in [0, 0.05) is 0 Å². The lowest BCUT2D eigenvalue weighted by Crippen LogP contribution is -2.26. The number of para-hydroxylation sites is 1. The molecule has 0 unspecified atom stereocenters. The van der Waals surface area contributed by atoms with Gasteiger partial charge in [0.25, 0.3) is 5.88 Å². The van der Waals surface area contributed by atoms with Crippen LogP contribution < -0.4 is 9.85 Å². The molecule has 0 fully saturated rings. The SMILES string of the molecule is O=C1C(=NOc2nc(F)nc(Cl)c2Cl)C=NN1c1ccccc1. The van der Waals surface area contributed by atoms with Crippen molar-refractivity contribution in [2.45, 2.75) is 0 Å². The van der Waals surface area contributed by atoms with Crippen LogP contribution in [0, 0.1) is 6.08 Å². The van der Waals surface area contributed by atoms with Crippen molar-refractivity contribution in [2.24, 2.45) is 10.3 Å². The first kappa shape index (κ1) is 15.3. The van der Waals surface area contributed by atoms with Gasteiger partial charge in [-0.3, -0.25) is 4.79 Å². The molecule has 0 aliphatic carbocycles. The Bertz CT molecular complexity index is 829. The summed E-state index contributed by atoms with van der Waals surface area (Å²) in [6, 6.07) is 8.73. The number of hydrogen-bond acceptors (Lipinski definition) is 6. The van der Waals surface area contributed by atoms with Crippen LogP contribution in [-0.2, 0) is 4.79 Å². The molecule has 1 amide bonds. The largest absolute Gasteiger partial charge is 0.334 e. The van der Waals surface area contributed by atoms with Gasteiger partial charge in [-0.15, -0.1) is 0 Å². The van der Waals surface area contributed by atoms with Crippen molar-refractivity contribution >= 4 is 46.7 Å². The smallest absolute Gasteiger partial charge is 0.313 e. The Morgan fingerprint density at radius 2 is 1.91 bits per heavy atom. The van der Waals surface area contributed by atoms with E-state index in [0.29, 0.717) is 5.69 Å². The van der Waals surface area contributed by atoms with E-state index in [0.717, 1.165) is 5.01 Å². The first-order valence-electron chi connectivity index (χ1n) is 6.13. The highest BCUT2D eigenvalue weighted by Crippen LogP contribution is 2.28. The fourth-order valence-electron chi connectivity index (χ4n) is 1.67. The van der Waals surface area contributed by atoms with Gasteiger partial charge in [-0.05, 0) is 12.1 Å². The summed E-state index contributed by atoms with van der Waals surface area (Å²) in [5.41, 5.74) is 0.452. The molecule has 1 aromatic carbocycles. The zero-order valence-electron chi connectivity index (χ0n) is 11.2. The van der Waals surface area contributed by atoms with Gasteiger partial charge in [-0.2, -0.15) is 24.5 Å². The van der Waals surface area contributed by atoms with E-state index in [9.17, 15) is 9.18 Å². The van der Waals surface area contributed by atoms with Crippen molar-refractivity contribution in [3.63, 3.8) is 0 Å². The third kappa shape index (κ3) is 3.13. The molecule has 7 nitrogen and oxygen atoms in total. The van der Waals surface area contributed by atoms with Crippen molar-refractivity contribution in [1.82, 2.24) is 9.97 Å². The van der Waals surface area contributed by atoms with E-state index in [2.05, 4.69) is 20.2 Å². The van der Waals surface area contributed by atoms with Gasteiger partial charge in [0.15, 0.2) is 10.9 Å². The average molecular weight is 354 g/mol. The van der Waals surface area contributed by atoms with Crippen molar-refractivity contribution in [3.8, 4) is 5.88 Å². The summed E-state index contributed by atoms with van der Waals surface area (Å²) in [5, 5.41) is 8.08. The van der Waals surface area contributed by atoms with E-state index in [1.807, 2.05) is 0 Å². The van der Waals surface area contributed by atoms with Gasteiger partial charge in [0.2, 0.25) is 0 Å². The van der Waals surface area contributed by atoms with Crippen molar-refractivity contribution < 1.29 is 14.0 Å². The predicted octanol–water partition coefficient (Wildman–Crippen LogP) is 2.69. The lowest BCUT2D eigenvalue weighted by molar-refractivity contribution is -0.112. The minimum absolute atomic E-state index is 0.111. The van der Waals surface area contributed by atoms with Crippen LogP contribution in [0.5, 0.6) is 5.88 Å². The molecule has 116 valence electrons. The Kier molecular flexibility index (Phi) is 4.18. The number of nitrogens with zero attached hydrogens (tertiary/aromatic N) is 5. The Balaban J connectivity index is 1.80. The van der Waals surface area contributed by atoms with Crippen LogP contribution in [0.4, 0.5) is 10.1 Å². The Morgan fingerprint density at radius 1 is 1.17 bits per heavy atom. The highest BCUT2D eigenvalue weighted by molar-refractivity contribution is 6.65. The van der Waals surface area contributed by atoms with Crippen LogP contribution in [0.3, 0.4) is 0 Å². The summed E-state index contributed by atoms with van der Waals surface area (Å²) in [4.78, 5) is 23.6. The van der Waals surface area contributed by atoms with Gasteiger partial charge in [0.1, 0.15) is 5.02 Å². The monoisotopic (exact) mass is 353 g/mol. The molecule has 1 aliphatic rings. The number of halogens is 3. The molecule has 3 rings (SSSR count). The number of aromatic nitrogens is 2. The van der Waals surface area contributed by atoms with Crippen molar-refractivity contribution in [1.29, 1.82) is 0 Å². The third-order valence-electron chi connectivity index (χ3n) is 2.69. The van der Waals surface area contributed by atoms with E-state index in [1.165, 1.54) is 6.21 Å². The molecule has 0 saturated heterocycles. The highest BCUT2D eigenvalue weighted by atomic mass is 35.5. The maximum absolute atomic E-state index is 13.1. The number of anilines is 1. The second-order valence-electron chi connectivity index (χ2n) is 4.17. The molecule has 0 bridgehead atoms. The highest BCUT2D eigenvalue weighted by Gasteiger charge is 2.26. The molecule has 0 N–H and O–H groups in total.